The van der Waals surface area contributed by atoms with Crippen LogP contribution in [0.25, 0.3) is 16.7 Å². The number of hydrogen-bond acceptors (Lipinski definition) is 6. The summed E-state index contributed by atoms with van der Waals surface area (Å²) < 4.78 is 14.0. The van der Waals surface area contributed by atoms with E-state index >= 15 is 0 Å². The summed E-state index contributed by atoms with van der Waals surface area (Å²) in [6, 6.07) is 10.7. The number of aryl methyl sites for hydroxylation is 1. The highest BCUT2D eigenvalue weighted by Gasteiger charge is 2.19. The lowest BCUT2D eigenvalue weighted by atomic mass is 10.1. The Labute approximate surface area is 195 Å². The predicted octanol–water partition coefficient (Wildman–Crippen LogP) is 2.60. The highest BCUT2D eigenvalue weighted by Crippen LogP contribution is 2.32. The Morgan fingerprint density at radius 2 is 1.97 bits per heavy atom. The molecule has 0 atom stereocenters. The molecule has 0 aliphatic carbocycles. The first-order chi connectivity index (χ1) is 16.3. The van der Waals surface area contributed by atoms with Crippen molar-refractivity contribution in [1.29, 1.82) is 5.41 Å². The van der Waals surface area contributed by atoms with Crippen molar-refractivity contribution >= 4 is 22.6 Å². The van der Waals surface area contributed by atoms with E-state index in [1.54, 1.807) is 16.8 Å². The van der Waals surface area contributed by atoms with Gasteiger partial charge in [0.05, 0.1) is 17.5 Å². The average Bonchev–Trinajstić information content (AvgIpc) is 3.28. The quantitative estimate of drug-likeness (QED) is 0.446. The molecule has 2 N–H and O–H groups in total. The monoisotopic (exact) mass is 459 g/mol. The fourth-order valence-corrected chi connectivity index (χ4v) is 4.04. The van der Waals surface area contributed by atoms with Crippen LogP contribution in [0, 0.1) is 18.3 Å². The molecule has 0 fully saturated rings. The van der Waals surface area contributed by atoms with Gasteiger partial charge >= 0.3 is 0 Å². The molecular formula is C25H25N5O4. The maximum atomic E-state index is 13.4. The highest BCUT2D eigenvalue weighted by atomic mass is 16.7. The van der Waals surface area contributed by atoms with Gasteiger partial charge in [-0.1, -0.05) is 26.0 Å². The molecule has 4 heterocycles. The second kappa shape index (κ2) is 8.33. The molecule has 0 radical (unpaired) electrons. The van der Waals surface area contributed by atoms with Crippen LogP contribution < -0.4 is 25.8 Å². The Balaban J connectivity index is 1.75. The topological polar surface area (TPSA) is 111 Å². The third kappa shape index (κ3) is 3.68. The molecule has 0 spiro atoms. The summed E-state index contributed by atoms with van der Waals surface area (Å²) in [5.74, 6) is 1.13. The summed E-state index contributed by atoms with van der Waals surface area (Å²) in [6.07, 6.45) is 1.66. The largest absolute Gasteiger partial charge is 0.454 e. The molecule has 3 aromatic heterocycles. The van der Waals surface area contributed by atoms with Crippen molar-refractivity contribution in [3.8, 4) is 11.5 Å². The molecule has 174 valence electrons. The maximum Gasteiger partial charge on any atom is 0.267 e. The number of hydrogen-bond donors (Lipinski definition) is 2. The summed E-state index contributed by atoms with van der Waals surface area (Å²) in [7, 11) is 0. The van der Waals surface area contributed by atoms with Gasteiger partial charge in [-0.2, -0.15) is 0 Å². The summed E-state index contributed by atoms with van der Waals surface area (Å²) >= 11 is 0. The summed E-state index contributed by atoms with van der Waals surface area (Å²) in [5.41, 5.74) is 2.34. The molecule has 5 rings (SSSR count). The van der Waals surface area contributed by atoms with Crippen LogP contribution in [0.2, 0.25) is 0 Å². The molecule has 1 aromatic carbocycles. The van der Waals surface area contributed by atoms with Gasteiger partial charge in [0, 0.05) is 12.7 Å². The van der Waals surface area contributed by atoms with Crippen LogP contribution in [-0.2, 0) is 6.54 Å². The lowest BCUT2D eigenvalue weighted by molar-refractivity contribution is 0.0946. The van der Waals surface area contributed by atoms with Crippen LogP contribution in [0.4, 0.5) is 0 Å². The third-order valence-electron chi connectivity index (χ3n) is 5.83. The zero-order valence-electron chi connectivity index (χ0n) is 19.2. The zero-order valence-corrected chi connectivity index (χ0v) is 19.2. The van der Waals surface area contributed by atoms with Crippen LogP contribution >= 0.6 is 0 Å². The van der Waals surface area contributed by atoms with E-state index in [-0.39, 0.29) is 41.3 Å². The van der Waals surface area contributed by atoms with E-state index in [4.69, 9.17) is 19.9 Å². The van der Waals surface area contributed by atoms with Crippen LogP contribution in [-0.4, -0.2) is 33.2 Å². The number of ether oxygens (including phenoxy) is 2. The lowest BCUT2D eigenvalue weighted by Gasteiger charge is -2.16. The Kier molecular flexibility index (Phi) is 5.31. The van der Waals surface area contributed by atoms with E-state index in [1.807, 2.05) is 45.0 Å². The van der Waals surface area contributed by atoms with Crippen molar-refractivity contribution in [3.63, 3.8) is 0 Å². The van der Waals surface area contributed by atoms with Gasteiger partial charge in [-0.15, -0.1) is 0 Å². The number of carbonyl (C=O) groups excluding carboxylic acids is 1. The number of carbonyl (C=O) groups is 1. The van der Waals surface area contributed by atoms with E-state index in [2.05, 4.69) is 5.32 Å². The number of nitrogens with zero attached hydrogens (tertiary/aromatic N) is 3. The highest BCUT2D eigenvalue weighted by molar-refractivity contribution is 5.96. The van der Waals surface area contributed by atoms with Gasteiger partial charge in [0.15, 0.2) is 11.5 Å². The minimum absolute atomic E-state index is 0.0174. The first-order valence-electron chi connectivity index (χ1n) is 11.1. The van der Waals surface area contributed by atoms with Crippen molar-refractivity contribution in [2.45, 2.75) is 27.3 Å². The molecule has 0 saturated heterocycles. The summed E-state index contributed by atoms with van der Waals surface area (Å²) in [6.45, 7) is 6.72. The van der Waals surface area contributed by atoms with Gasteiger partial charge in [-0.3, -0.25) is 19.4 Å². The van der Waals surface area contributed by atoms with Crippen LogP contribution in [0.15, 0.2) is 47.4 Å². The minimum atomic E-state index is -0.395. The SMILES string of the molecule is Cc1cccn2c(=O)c3cc(C(=O)NCC(C)C)c(=N)n(Cc4ccc5c(c4)OCO5)c3nc12. The lowest BCUT2D eigenvalue weighted by Crippen LogP contribution is -2.36. The standard InChI is InChI=1S/C25H25N5O4/c1-14(2)11-27-24(31)17-10-18-23(28-22-15(3)5-4-8-29(22)25(18)32)30(21(17)26)12-16-6-7-19-20(9-16)34-13-33-19/h4-10,14,26H,11-13H2,1-3H3,(H,27,31). The Hall–Kier alpha value is -4.14. The number of rotatable bonds is 5. The van der Waals surface area contributed by atoms with Gasteiger partial charge in [-0.25, -0.2) is 4.98 Å². The Morgan fingerprint density at radius 3 is 2.76 bits per heavy atom. The van der Waals surface area contributed by atoms with E-state index in [1.165, 1.54) is 10.5 Å². The maximum absolute atomic E-state index is 13.4. The molecule has 0 saturated carbocycles. The van der Waals surface area contributed by atoms with E-state index in [9.17, 15) is 9.59 Å². The molecule has 1 amide bonds. The summed E-state index contributed by atoms with van der Waals surface area (Å²) in [5, 5.41) is 12.0. The van der Waals surface area contributed by atoms with Crippen molar-refractivity contribution in [3.05, 3.63) is 75.1 Å². The zero-order chi connectivity index (χ0) is 24.0. The van der Waals surface area contributed by atoms with Gasteiger partial charge in [0.25, 0.3) is 11.5 Å². The molecule has 1 aliphatic rings. The summed E-state index contributed by atoms with van der Waals surface area (Å²) in [4.78, 5) is 31.2. The first kappa shape index (κ1) is 21.7. The Morgan fingerprint density at radius 1 is 1.18 bits per heavy atom. The van der Waals surface area contributed by atoms with E-state index < -0.39 is 5.91 Å². The van der Waals surface area contributed by atoms with Crippen LogP contribution in [0.5, 0.6) is 11.5 Å². The molecule has 0 bridgehead atoms. The van der Waals surface area contributed by atoms with Crippen molar-refractivity contribution in [1.82, 2.24) is 19.3 Å². The van der Waals surface area contributed by atoms with Gasteiger partial charge < -0.3 is 19.4 Å². The van der Waals surface area contributed by atoms with Gasteiger partial charge in [0.2, 0.25) is 6.79 Å². The molecule has 9 nitrogen and oxygen atoms in total. The number of amides is 1. The van der Waals surface area contributed by atoms with Crippen molar-refractivity contribution in [2.75, 3.05) is 13.3 Å². The molecule has 34 heavy (non-hydrogen) atoms. The number of aromatic nitrogens is 3. The minimum Gasteiger partial charge on any atom is -0.454 e. The normalized spacial score (nSPS) is 12.6. The van der Waals surface area contributed by atoms with Crippen molar-refractivity contribution in [2.24, 2.45) is 5.92 Å². The molecule has 9 heteroatoms. The van der Waals surface area contributed by atoms with Gasteiger partial charge in [-0.05, 0) is 48.2 Å². The molecule has 0 unspecified atom stereocenters. The second-order valence-electron chi connectivity index (χ2n) is 8.82. The smallest absolute Gasteiger partial charge is 0.267 e. The number of benzene rings is 1. The second-order valence-corrected chi connectivity index (χ2v) is 8.82. The number of pyridine rings is 2. The Bertz CT molecular complexity index is 1570. The third-order valence-corrected chi connectivity index (χ3v) is 5.83. The van der Waals surface area contributed by atoms with Crippen molar-refractivity contribution < 1.29 is 14.3 Å². The predicted molar refractivity (Wildman–Crippen MR) is 126 cm³/mol. The van der Waals surface area contributed by atoms with Crippen LogP contribution in [0.1, 0.15) is 35.3 Å². The number of nitrogens with one attached hydrogen (secondary N) is 2. The van der Waals surface area contributed by atoms with Gasteiger partial charge in [0.1, 0.15) is 16.8 Å². The average molecular weight is 460 g/mol. The molecule has 1 aliphatic heterocycles. The molecule has 4 aromatic rings. The van der Waals surface area contributed by atoms with Crippen LogP contribution in [0.3, 0.4) is 0 Å². The van der Waals surface area contributed by atoms with E-state index in [0.29, 0.717) is 29.3 Å². The fraction of sp³-hybridized carbons (Fsp3) is 0.280. The van der Waals surface area contributed by atoms with E-state index in [0.717, 1.165) is 11.1 Å². The number of fused-ring (bicyclic) bond motifs is 3. The molecular weight excluding hydrogens is 434 g/mol. The first-order valence-corrected chi connectivity index (χ1v) is 11.1. The fourth-order valence-electron chi connectivity index (χ4n) is 4.04.